The molecule has 9 rings (SSSR count). The van der Waals surface area contributed by atoms with E-state index in [0.29, 0.717) is 17.5 Å². The molecule has 0 spiro atoms. The SMILES string of the molecule is c1ccc2cc(-c3nc(-c4ccc5c(c4)oc4ccccc45)nc(-c4cccc5oc6ccccc6c45)n3)ccc2c1. The Morgan fingerprint density at radius 3 is 1.83 bits per heavy atom. The molecule has 6 aromatic carbocycles. The number of aromatic nitrogens is 3. The second kappa shape index (κ2) is 8.85. The van der Waals surface area contributed by atoms with Crippen molar-refractivity contribution in [2.24, 2.45) is 0 Å². The molecule has 0 saturated heterocycles. The molecule has 0 aliphatic heterocycles. The highest BCUT2D eigenvalue weighted by molar-refractivity contribution is 6.12. The van der Waals surface area contributed by atoms with Crippen molar-refractivity contribution in [3.05, 3.63) is 127 Å². The van der Waals surface area contributed by atoms with Crippen LogP contribution in [0.1, 0.15) is 0 Å². The van der Waals surface area contributed by atoms with Crippen LogP contribution in [0.4, 0.5) is 0 Å². The number of fused-ring (bicyclic) bond motifs is 7. The lowest BCUT2D eigenvalue weighted by Crippen LogP contribution is -2.00. The molecule has 0 aliphatic carbocycles. The molecular weight excluding hydrogens is 518 g/mol. The topological polar surface area (TPSA) is 65.0 Å². The zero-order chi connectivity index (χ0) is 27.6. The lowest BCUT2D eigenvalue weighted by atomic mass is 10.0. The normalized spacial score (nSPS) is 11.8. The number of hydrogen-bond donors (Lipinski definition) is 0. The molecule has 0 radical (unpaired) electrons. The van der Waals surface area contributed by atoms with Crippen LogP contribution in [-0.4, -0.2) is 15.0 Å². The number of para-hydroxylation sites is 2. The quantitative estimate of drug-likeness (QED) is 0.224. The molecule has 5 nitrogen and oxygen atoms in total. The third-order valence-electron chi connectivity index (χ3n) is 7.92. The van der Waals surface area contributed by atoms with E-state index in [2.05, 4.69) is 60.7 Å². The van der Waals surface area contributed by atoms with E-state index < -0.39 is 0 Å². The molecule has 0 aliphatic rings. The van der Waals surface area contributed by atoms with E-state index in [9.17, 15) is 0 Å². The highest BCUT2D eigenvalue weighted by Gasteiger charge is 2.18. The molecule has 196 valence electrons. The number of benzene rings is 6. The highest BCUT2D eigenvalue weighted by Crippen LogP contribution is 2.37. The Hall–Kier alpha value is -5.81. The van der Waals surface area contributed by atoms with Gasteiger partial charge in [0, 0.05) is 38.2 Å². The van der Waals surface area contributed by atoms with Crippen LogP contribution in [0.3, 0.4) is 0 Å². The molecule has 0 fully saturated rings. The molecule has 0 bridgehead atoms. The average Bonchev–Trinajstić information content (AvgIpc) is 3.62. The summed E-state index contributed by atoms with van der Waals surface area (Å²) in [5.41, 5.74) is 5.96. The van der Waals surface area contributed by atoms with E-state index in [4.69, 9.17) is 23.8 Å². The number of furan rings is 2. The summed E-state index contributed by atoms with van der Waals surface area (Å²) < 4.78 is 12.4. The summed E-state index contributed by atoms with van der Waals surface area (Å²) in [6.45, 7) is 0. The van der Waals surface area contributed by atoms with Crippen molar-refractivity contribution in [2.45, 2.75) is 0 Å². The molecule has 5 heteroatoms. The van der Waals surface area contributed by atoms with Crippen molar-refractivity contribution in [1.82, 2.24) is 15.0 Å². The van der Waals surface area contributed by atoms with Gasteiger partial charge in [0.15, 0.2) is 17.5 Å². The van der Waals surface area contributed by atoms with Crippen LogP contribution < -0.4 is 0 Å². The predicted molar refractivity (Wildman–Crippen MR) is 168 cm³/mol. The number of rotatable bonds is 3. The van der Waals surface area contributed by atoms with Gasteiger partial charge >= 0.3 is 0 Å². The second-order valence-corrected chi connectivity index (χ2v) is 10.5. The maximum atomic E-state index is 6.20. The van der Waals surface area contributed by atoms with Crippen LogP contribution in [-0.2, 0) is 0 Å². The maximum Gasteiger partial charge on any atom is 0.164 e. The van der Waals surface area contributed by atoms with Gasteiger partial charge < -0.3 is 8.83 Å². The predicted octanol–water partition coefficient (Wildman–Crippen LogP) is 9.82. The van der Waals surface area contributed by atoms with Gasteiger partial charge in [-0.2, -0.15) is 0 Å². The van der Waals surface area contributed by atoms with Gasteiger partial charge in [-0.25, -0.2) is 15.0 Å². The fraction of sp³-hybridized carbons (Fsp3) is 0. The van der Waals surface area contributed by atoms with Crippen LogP contribution >= 0.6 is 0 Å². The van der Waals surface area contributed by atoms with E-state index in [1.807, 2.05) is 66.7 Å². The smallest absolute Gasteiger partial charge is 0.164 e. The van der Waals surface area contributed by atoms with Crippen molar-refractivity contribution in [3.63, 3.8) is 0 Å². The van der Waals surface area contributed by atoms with Crippen LogP contribution in [0.2, 0.25) is 0 Å². The summed E-state index contributed by atoms with van der Waals surface area (Å²) in [4.78, 5) is 15.1. The lowest BCUT2D eigenvalue weighted by Gasteiger charge is -2.10. The van der Waals surface area contributed by atoms with Gasteiger partial charge in [0.1, 0.15) is 22.3 Å². The zero-order valence-corrected chi connectivity index (χ0v) is 22.3. The first kappa shape index (κ1) is 22.9. The first-order chi connectivity index (χ1) is 20.8. The van der Waals surface area contributed by atoms with Crippen molar-refractivity contribution in [1.29, 1.82) is 0 Å². The highest BCUT2D eigenvalue weighted by atomic mass is 16.3. The molecule has 3 heterocycles. The summed E-state index contributed by atoms with van der Waals surface area (Å²) in [6, 6.07) is 43.0. The van der Waals surface area contributed by atoms with E-state index in [1.54, 1.807) is 0 Å². The third kappa shape index (κ3) is 3.54. The monoisotopic (exact) mass is 539 g/mol. The van der Waals surface area contributed by atoms with Gasteiger partial charge in [0.2, 0.25) is 0 Å². The van der Waals surface area contributed by atoms with Gasteiger partial charge in [0.05, 0.1) is 0 Å². The van der Waals surface area contributed by atoms with Crippen LogP contribution in [0.15, 0.2) is 136 Å². The molecule has 0 N–H and O–H groups in total. The Morgan fingerprint density at radius 1 is 0.381 bits per heavy atom. The molecule has 3 aromatic heterocycles. The van der Waals surface area contributed by atoms with Crippen LogP contribution in [0.25, 0.3) is 88.8 Å². The number of nitrogens with zero attached hydrogens (tertiary/aromatic N) is 3. The second-order valence-electron chi connectivity index (χ2n) is 10.5. The van der Waals surface area contributed by atoms with Gasteiger partial charge in [-0.15, -0.1) is 0 Å². The van der Waals surface area contributed by atoms with Crippen LogP contribution in [0, 0.1) is 0 Å². The van der Waals surface area contributed by atoms with Crippen LogP contribution in [0.5, 0.6) is 0 Å². The Morgan fingerprint density at radius 2 is 0.976 bits per heavy atom. The molecule has 0 unspecified atom stereocenters. The summed E-state index contributed by atoms with van der Waals surface area (Å²) in [5.74, 6) is 1.77. The van der Waals surface area contributed by atoms with E-state index in [1.165, 1.54) is 5.39 Å². The van der Waals surface area contributed by atoms with Crippen molar-refractivity contribution in [2.75, 3.05) is 0 Å². The Labute approximate surface area is 239 Å². The Balaban J connectivity index is 1.31. The van der Waals surface area contributed by atoms with Gasteiger partial charge in [-0.05, 0) is 47.2 Å². The molecule has 0 atom stereocenters. The lowest BCUT2D eigenvalue weighted by molar-refractivity contribution is 0.668. The average molecular weight is 540 g/mol. The van der Waals surface area contributed by atoms with Crippen molar-refractivity contribution in [3.8, 4) is 34.2 Å². The minimum atomic E-state index is 0.579. The molecule has 42 heavy (non-hydrogen) atoms. The molecule has 9 aromatic rings. The zero-order valence-electron chi connectivity index (χ0n) is 22.3. The summed E-state index contributed by atoms with van der Waals surface area (Å²) in [7, 11) is 0. The maximum absolute atomic E-state index is 6.20. The van der Waals surface area contributed by atoms with Gasteiger partial charge in [-0.3, -0.25) is 0 Å². The van der Waals surface area contributed by atoms with Crippen molar-refractivity contribution >= 4 is 54.6 Å². The minimum Gasteiger partial charge on any atom is -0.456 e. The molecule has 0 amide bonds. The van der Waals surface area contributed by atoms with Crippen molar-refractivity contribution < 1.29 is 8.83 Å². The Kier molecular flexibility index (Phi) is 4.83. The van der Waals surface area contributed by atoms with E-state index in [0.717, 1.165) is 66.0 Å². The molecular formula is C37H21N3O2. The van der Waals surface area contributed by atoms with E-state index >= 15 is 0 Å². The summed E-state index contributed by atoms with van der Waals surface area (Å²) in [6.07, 6.45) is 0. The van der Waals surface area contributed by atoms with Gasteiger partial charge in [-0.1, -0.05) is 91.0 Å². The third-order valence-corrected chi connectivity index (χ3v) is 7.92. The fourth-order valence-electron chi connectivity index (χ4n) is 5.91. The molecule has 0 saturated carbocycles. The van der Waals surface area contributed by atoms with E-state index in [-0.39, 0.29) is 0 Å². The largest absolute Gasteiger partial charge is 0.456 e. The first-order valence-electron chi connectivity index (χ1n) is 13.9. The number of hydrogen-bond acceptors (Lipinski definition) is 5. The summed E-state index contributed by atoms with van der Waals surface area (Å²) in [5, 5.41) is 6.47. The standard InChI is InChI=1S/C37H21N3O2/c1-2-9-23-20-24(17-16-22(23)8-1)35-38-36(25-18-19-27-26-10-3-5-13-30(26)42-33(27)21-25)40-37(39-35)29-12-7-15-32-34(29)28-11-4-6-14-31(28)41-32/h1-21H. The fourth-order valence-corrected chi connectivity index (χ4v) is 5.91. The summed E-state index contributed by atoms with van der Waals surface area (Å²) >= 11 is 0. The van der Waals surface area contributed by atoms with Gasteiger partial charge in [0.25, 0.3) is 0 Å². The first-order valence-corrected chi connectivity index (χ1v) is 13.9. The Bertz CT molecular complexity index is 2490. The minimum absolute atomic E-state index is 0.579.